The van der Waals surface area contributed by atoms with Crippen molar-refractivity contribution in [1.82, 2.24) is 10.2 Å². The third-order valence-corrected chi connectivity index (χ3v) is 4.44. The van der Waals surface area contributed by atoms with Gasteiger partial charge in [0.25, 0.3) is 5.22 Å². The van der Waals surface area contributed by atoms with Crippen molar-refractivity contribution in [2.45, 2.75) is 25.5 Å². The predicted molar refractivity (Wildman–Crippen MR) is 99.6 cm³/mol. The molecule has 25 heavy (non-hydrogen) atoms. The van der Waals surface area contributed by atoms with Gasteiger partial charge >= 0.3 is 0 Å². The summed E-state index contributed by atoms with van der Waals surface area (Å²) in [6.45, 7) is 4.09. The monoisotopic (exact) mass is 353 g/mol. The third-order valence-electron chi connectivity index (χ3n) is 3.62. The van der Waals surface area contributed by atoms with Crippen molar-refractivity contribution in [2.75, 3.05) is 11.1 Å². The van der Waals surface area contributed by atoms with Crippen LogP contribution in [0.5, 0.6) is 0 Å². The third kappa shape index (κ3) is 4.70. The number of aromatic nitrogens is 2. The maximum atomic E-state index is 12.1. The lowest BCUT2D eigenvalue weighted by Gasteiger charge is -2.05. The smallest absolute Gasteiger partial charge is 0.277 e. The minimum atomic E-state index is -0.103. The fraction of sp³-hybridized carbons (Fsp3) is 0.211. The summed E-state index contributed by atoms with van der Waals surface area (Å²) in [4.78, 5) is 12.1. The molecule has 0 atom stereocenters. The van der Waals surface area contributed by atoms with Crippen LogP contribution in [0.1, 0.15) is 18.1 Å². The van der Waals surface area contributed by atoms with E-state index in [4.69, 9.17) is 4.42 Å². The van der Waals surface area contributed by atoms with Gasteiger partial charge in [0, 0.05) is 11.3 Å². The molecule has 0 bridgehead atoms. The van der Waals surface area contributed by atoms with Gasteiger partial charge in [0.2, 0.25) is 11.8 Å². The van der Waals surface area contributed by atoms with Gasteiger partial charge in [-0.25, -0.2) is 0 Å². The highest BCUT2D eigenvalue weighted by atomic mass is 32.2. The van der Waals surface area contributed by atoms with E-state index in [2.05, 4.69) is 22.4 Å². The maximum absolute atomic E-state index is 12.1. The van der Waals surface area contributed by atoms with E-state index in [0.717, 1.165) is 23.2 Å². The molecule has 0 radical (unpaired) electrons. The molecule has 1 heterocycles. The van der Waals surface area contributed by atoms with Crippen molar-refractivity contribution in [3.8, 4) is 11.5 Å². The first-order chi connectivity index (χ1) is 12.1. The minimum Gasteiger partial charge on any atom is -0.411 e. The van der Waals surface area contributed by atoms with Gasteiger partial charge in [0.1, 0.15) is 0 Å². The molecule has 3 aromatic rings. The Kier molecular flexibility index (Phi) is 5.50. The van der Waals surface area contributed by atoms with Crippen molar-refractivity contribution >= 4 is 23.4 Å². The van der Waals surface area contributed by atoms with Crippen LogP contribution in [-0.2, 0) is 11.2 Å². The van der Waals surface area contributed by atoms with E-state index in [1.54, 1.807) is 0 Å². The predicted octanol–water partition coefficient (Wildman–Crippen LogP) is 4.34. The number of rotatable bonds is 6. The number of aryl methyl sites for hydroxylation is 2. The molecule has 0 fully saturated rings. The molecule has 0 aliphatic rings. The van der Waals surface area contributed by atoms with Crippen molar-refractivity contribution in [3.63, 3.8) is 0 Å². The van der Waals surface area contributed by atoms with Gasteiger partial charge in [-0.3, -0.25) is 4.79 Å². The highest BCUT2D eigenvalue weighted by molar-refractivity contribution is 7.99. The van der Waals surface area contributed by atoms with Gasteiger partial charge in [-0.1, -0.05) is 48.5 Å². The Morgan fingerprint density at radius 2 is 2.00 bits per heavy atom. The van der Waals surface area contributed by atoms with Crippen molar-refractivity contribution in [1.29, 1.82) is 0 Å². The topological polar surface area (TPSA) is 68.0 Å². The standard InChI is InChI=1S/C19H19N3O2S/c1-3-14-7-5-9-16(11-14)20-17(23)12-25-19-22-21-18(24-19)15-8-4-6-13(2)10-15/h4-11H,3,12H2,1-2H3,(H,20,23). The summed E-state index contributed by atoms with van der Waals surface area (Å²) in [5.41, 5.74) is 3.99. The molecule has 0 aliphatic heterocycles. The van der Waals surface area contributed by atoms with Crippen LogP contribution >= 0.6 is 11.8 Å². The number of amides is 1. The van der Waals surface area contributed by atoms with Gasteiger partial charge in [-0.2, -0.15) is 0 Å². The van der Waals surface area contributed by atoms with Crippen molar-refractivity contribution in [3.05, 3.63) is 59.7 Å². The van der Waals surface area contributed by atoms with E-state index in [0.29, 0.717) is 11.1 Å². The van der Waals surface area contributed by atoms with Crippen LogP contribution in [0.3, 0.4) is 0 Å². The lowest BCUT2D eigenvalue weighted by Crippen LogP contribution is -2.14. The van der Waals surface area contributed by atoms with Gasteiger partial charge < -0.3 is 9.73 Å². The molecule has 6 heteroatoms. The van der Waals surface area contributed by atoms with Gasteiger partial charge in [0.15, 0.2) is 0 Å². The van der Waals surface area contributed by atoms with E-state index in [1.807, 2.05) is 55.5 Å². The van der Waals surface area contributed by atoms with E-state index < -0.39 is 0 Å². The second-order valence-corrected chi connectivity index (χ2v) is 6.56. The lowest BCUT2D eigenvalue weighted by molar-refractivity contribution is -0.113. The molecule has 5 nitrogen and oxygen atoms in total. The van der Waals surface area contributed by atoms with Gasteiger partial charge in [-0.05, 0) is 43.2 Å². The first-order valence-corrected chi connectivity index (χ1v) is 9.04. The summed E-state index contributed by atoms with van der Waals surface area (Å²) in [7, 11) is 0. The van der Waals surface area contributed by atoms with Crippen LogP contribution in [0.2, 0.25) is 0 Å². The molecular weight excluding hydrogens is 334 g/mol. The van der Waals surface area contributed by atoms with Gasteiger partial charge in [-0.15, -0.1) is 10.2 Å². The quantitative estimate of drug-likeness (QED) is 0.668. The first-order valence-electron chi connectivity index (χ1n) is 8.06. The fourth-order valence-corrected chi connectivity index (χ4v) is 2.92. The fourth-order valence-electron chi connectivity index (χ4n) is 2.36. The van der Waals surface area contributed by atoms with Crippen LogP contribution in [0.15, 0.2) is 58.2 Å². The summed E-state index contributed by atoms with van der Waals surface area (Å²) in [5.74, 6) is 0.571. The molecule has 2 aromatic carbocycles. The van der Waals surface area contributed by atoms with Crippen LogP contribution in [-0.4, -0.2) is 21.9 Å². The Morgan fingerprint density at radius 1 is 1.16 bits per heavy atom. The van der Waals surface area contributed by atoms with E-state index in [9.17, 15) is 4.79 Å². The lowest BCUT2D eigenvalue weighted by atomic mass is 10.1. The molecule has 0 saturated heterocycles. The Balaban J connectivity index is 1.57. The number of carbonyl (C=O) groups is 1. The molecule has 1 N–H and O–H groups in total. The van der Waals surface area contributed by atoms with Crippen LogP contribution in [0.25, 0.3) is 11.5 Å². The summed E-state index contributed by atoms with van der Waals surface area (Å²) in [6.07, 6.45) is 0.933. The maximum Gasteiger partial charge on any atom is 0.277 e. The summed E-state index contributed by atoms with van der Waals surface area (Å²) >= 11 is 1.23. The number of carbonyl (C=O) groups excluding carboxylic acids is 1. The zero-order chi connectivity index (χ0) is 17.6. The Hall–Kier alpha value is -2.60. The molecule has 0 aliphatic carbocycles. The number of anilines is 1. The number of benzene rings is 2. The highest BCUT2D eigenvalue weighted by Crippen LogP contribution is 2.24. The van der Waals surface area contributed by atoms with Crippen LogP contribution < -0.4 is 5.32 Å². The normalized spacial score (nSPS) is 10.6. The zero-order valence-corrected chi connectivity index (χ0v) is 15.0. The highest BCUT2D eigenvalue weighted by Gasteiger charge is 2.11. The number of nitrogens with one attached hydrogen (secondary N) is 1. The first kappa shape index (κ1) is 17.2. The minimum absolute atomic E-state index is 0.103. The molecule has 3 rings (SSSR count). The molecule has 0 spiro atoms. The molecule has 1 aromatic heterocycles. The van der Waals surface area contributed by atoms with Crippen LogP contribution in [0.4, 0.5) is 5.69 Å². The summed E-state index contributed by atoms with van der Waals surface area (Å²) in [6, 6.07) is 15.7. The molecule has 0 unspecified atom stereocenters. The van der Waals surface area contributed by atoms with E-state index >= 15 is 0 Å². The summed E-state index contributed by atoms with van der Waals surface area (Å²) < 4.78 is 5.62. The number of thioether (sulfide) groups is 1. The molecular formula is C19H19N3O2S. The number of hydrogen-bond donors (Lipinski definition) is 1. The Labute approximate surface area is 150 Å². The molecule has 128 valence electrons. The van der Waals surface area contributed by atoms with Gasteiger partial charge in [0.05, 0.1) is 5.75 Å². The number of nitrogens with zero attached hydrogens (tertiary/aromatic N) is 2. The average molecular weight is 353 g/mol. The van der Waals surface area contributed by atoms with Crippen molar-refractivity contribution < 1.29 is 9.21 Å². The largest absolute Gasteiger partial charge is 0.411 e. The van der Waals surface area contributed by atoms with E-state index in [1.165, 1.54) is 17.3 Å². The zero-order valence-electron chi connectivity index (χ0n) is 14.2. The van der Waals surface area contributed by atoms with Crippen LogP contribution in [0, 0.1) is 6.92 Å². The average Bonchev–Trinajstić information content (AvgIpc) is 3.09. The second kappa shape index (κ2) is 7.98. The van der Waals surface area contributed by atoms with Crippen molar-refractivity contribution in [2.24, 2.45) is 0 Å². The molecule has 1 amide bonds. The second-order valence-electron chi connectivity index (χ2n) is 5.63. The SMILES string of the molecule is CCc1cccc(NC(=O)CSc2nnc(-c3cccc(C)c3)o2)c1. The molecule has 0 saturated carbocycles. The Bertz CT molecular complexity index is 876. The van der Waals surface area contributed by atoms with E-state index in [-0.39, 0.29) is 11.7 Å². The number of hydrogen-bond acceptors (Lipinski definition) is 5. The summed E-state index contributed by atoms with van der Waals surface area (Å²) in [5, 5.41) is 11.3. The Morgan fingerprint density at radius 3 is 2.80 bits per heavy atom.